The highest BCUT2D eigenvalue weighted by molar-refractivity contribution is 8.00. The molecule has 0 saturated carbocycles. The number of nitrogens with one attached hydrogen (secondary N) is 1. The second-order valence-electron chi connectivity index (χ2n) is 3.17. The number of fused-ring (bicyclic) bond motifs is 1. The maximum absolute atomic E-state index is 11.2. The highest BCUT2D eigenvalue weighted by Crippen LogP contribution is 2.49. The van der Waals surface area contributed by atoms with Gasteiger partial charge in [-0.25, -0.2) is 0 Å². The van der Waals surface area contributed by atoms with Crippen molar-refractivity contribution in [3.05, 3.63) is 6.07 Å². The monoisotopic (exact) mass is 241 g/mol. The topological polar surface area (TPSA) is 67.8 Å². The lowest BCUT2D eigenvalue weighted by atomic mass is 10.2. The molecule has 0 bridgehead atoms. The van der Waals surface area contributed by atoms with Gasteiger partial charge in [-0.3, -0.25) is 4.79 Å². The van der Waals surface area contributed by atoms with Crippen LogP contribution in [-0.2, 0) is 4.79 Å². The van der Waals surface area contributed by atoms with Crippen LogP contribution in [0.15, 0.2) is 11.0 Å². The first-order valence-corrected chi connectivity index (χ1v) is 5.56. The van der Waals surface area contributed by atoms with Crippen molar-refractivity contribution < 1.29 is 19.4 Å². The fourth-order valence-electron chi connectivity index (χ4n) is 1.51. The molecule has 0 atom stereocenters. The number of phenols is 1. The van der Waals surface area contributed by atoms with Gasteiger partial charge in [0.15, 0.2) is 11.5 Å². The first-order chi connectivity index (χ1) is 7.67. The van der Waals surface area contributed by atoms with Crippen LogP contribution in [0.2, 0.25) is 0 Å². The Morgan fingerprint density at radius 1 is 1.44 bits per heavy atom. The van der Waals surface area contributed by atoms with Gasteiger partial charge < -0.3 is 19.9 Å². The summed E-state index contributed by atoms with van der Waals surface area (Å²) in [7, 11) is 2.91. The van der Waals surface area contributed by atoms with E-state index in [-0.39, 0.29) is 17.4 Å². The number of ether oxygens (including phenoxy) is 2. The average Bonchev–Trinajstić information content (AvgIpc) is 2.28. The number of carbonyl (C=O) groups is 1. The summed E-state index contributed by atoms with van der Waals surface area (Å²) in [4.78, 5) is 12.0. The van der Waals surface area contributed by atoms with Gasteiger partial charge in [-0.05, 0) is 0 Å². The predicted octanol–water partition coefficient (Wildman–Crippen LogP) is 1.45. The van der Waals surface area contributed by atoms with E-state index in [1.165, 1.54) is 26.0 Å². The summed E-state index contributed by atoms with van der Waals surface area (Å²) in [5, 5.41) is 12.5. The molecule has 1 heterocycles. The number of methoxy groups -OCH3 is 2. The van der Waals surface area contributed by atoms with E-state index in [4.69, 9.17) is 9.47 Å². The molecule has 2 N–H and O–H groups in total. The first kappa shape index (κ1) is 10.9. The minimum Gasteiger partial charge on any atom is -0.502 e. The van der Waals surface area contributed by atoms with Gasteiger partial charge in [0.2, 0.25) is 11.7 Å². The molecule has 16 heavy (non-hydrogen) atoms. The zero-order valence-electron chi connectivity index (χ0n) is 8.86. The molecule has 0 aliphatic carbocycles. The Kier molecular flexibility index (Phi) is 2.82. The van der Waals surface area contributed by atoms with E-state index in [0.29, 0.717) is 17.2 Å². The molecule has 0 aromatic heterocycles. The number of anilines is 1. The van der Waals surface area contributed by atoms with Crippen LogP contribution in [0.1, 0.15) is 0 Å². The van der Waals surface area contributed by atoms with E-state index in [9.17, 15) is 9.90 Å². The zero-order valence-corrected chi connectivity index (χ0v) is 9.68. The molecule has 0 saturated heterocycles. The van der Waals surface area contributed by atoms with E-state index in [1.807, 2.05) is 0 Å². The van der Waals surface area contributed by atoms with E-state index in [2.05, 4.69) is 5.32 Å². The zero-order chi connectivity index (χ0) is 11.7. The van der Waals surface area contributed by atoms with E-state index in [0.717, 1.165) is 4.90 Å². The molecule has 0 unspecified atom stereocenters. The maximum atomic E-state index is 11.2. The average molecular weight is 241 g/mol. The number of aromatic hydroxyl groups is 1. The van der Waals surface area contributed by atoms with Crippen LogP contribution in [0, 0.1) is 0 Å². The number of hydrogen-bond donors (Lipinski definition) is 2. The van der Waals surface area contributed by atoms with Crippen LogP contribution in [0.25, 0.3) is 0 Å². The second kappa shape index (κ2) is 4.13. The Balaban J connectivity index is 2.59. The lowest BCUT2D eigenvalue weighted by Crippen LogP contribution is -2.19. The molecular weight excluding hydrogens is 230 g/mol. The summed E-state index contributed by atoms with van der Waals surface area (Å²) < 4.78 is 10.1. The minimum atomic E-state index is -0.0766. The Hall–Kier alpha value is -1.56. The summed E-state index contributed by atoms with van der Waals surface area (Å²) in [5.41, 5.74) is 0.604. The van der Waals surface area contributed by atoms with Gasteiger partial charge in [0.25, 0.3) is 0 Å². The van der Waals surface area contributed by atoms with Gasteiger partial charge in [0.1, 0.15) is 0 Å². The quantitative estimate of drug-likeness (QED) is 0.767. The van der Waals surface area contributed by atoms with Crippen molar-refractivity contribution in [2.45, 2.75) is 4.90 Å². The van der Waals surface area contributed by atoms with Crippen LogP contribution in [0.3, 0.4) is 0 Å². The number of benzene rings is 1. The second-order valence-corrected chi connectivity index (χ2v) is 4.16. The number of hydrogen-bond acceptors (Lipinski definition) is 5. The van der Waals surface area contributed by atoms with Gasteiger partial charge >= 0.3 is 0 Å². The van der Waals surface area contributed by atoms with E-state index < -0.39 is 0 Å². The largest absolute Gasteiger partial charge is 0.502 e. The fourth-order valence-corrected chi connectivity index (χ4v) is 2.44. The number of thioether (sulfide) groups is 1. The van der Waals surface area contributed by atoms with Gasteiger partial charge in [-0.2, -0.15) is 0 Å². The highest BCUT2D eigenvalue weighted by Gasteiger charge is 2.24. The molecule has 1 amide bonds. The molecule has 5 nitrogen and oxygen atoms in total. The molecule has 0 radical (unpaired) electrons. The van der Waals surface area contributed by atoms with Crippen molar-refractivity contribution in [3.63, 3.8) is 0 Å². The molecule has 1 aliphatic heterocycles. The summed E-state index contributed by atoms with van der Waals surface area (Å²) in [5.74, 6) is 0.798. The Labute approximate surface area is 96.7 Å². The van der Waals surface area contributed by atoms with Crippen molar-refractivity contribution in [2.75, 3.05) is 25.3 Å². The Bertz CT molecular complexity index is 447. The van der Waals surface area contributed by atoms with Gasteiger partial charge in [0, 0.05) is 6.07 Å². The number of phenolic OH excluding ortho intramolecular Hbond substituents is 1. The Morgan fingerprint density at radius 2 is 2.19 bits per heavy atom. The molecule has 1 aliphatic rings. The lowest BCUT2D eigenvalue weighted by Gasteiger charge is -2.20. The van der Waals surface area contributed by atoms with Crippen molar-refractivity contribution in [1.29, 1.82) is 0 Å². The number of rotatable bonds is 2. The smallest absolute Gasteiger partial charge is 0.234 e. The van der Waals surface area contributed by atoms with Gasteiger partial charge in [-0.15, -0.1) is 11.8 Å². The molecule has 0 fully saturated rings. The molecule has 6 heteroatoms. The normalized spacial score (nSPS) is 14.0. The molecule has 1 aromatic carbocycles. The summed E-state index contributed by atoms with van der Waals surface area (Å²) in [6, 6.07) is 1.58. The third-order valence-electron chi connectivity index (χ3n) is 2.22. The van der Waals surface area contributed by atoms with Crippen molar-refractivity contribution in [3.8, 4) is 17.2 Å². The molecule has 2 rings (SSSR count). The molecule has 86 valence electrons. The minimum absolute atomic E-state index is 0.0487. The molecule has 0 spiro atoms. The standard InChI is InChI=1S/C10H11NO4S/c1-14-6-3-5-10(9(15-2)8(6)13)16-4-7(12)11-5/h3,13H,4H2,1-2H3,(H,11,12). The first-order valence-electron chi connectivity index (χ1n) is 4.58. The van der Waals surface area contributed by atoms with Crippen LogP contribution in [0.5, 0.6) is 17.2 Å². The van der Waals surface area contributed by atoms with Gasteiger partial charge in [-0.1, -0.05) is 0 Å². The van der Waals surface area contributed by atoms with Crippen molar-refractivity contribution in [2.24, 2.45) is 0 Å². The van der Waals surface area contributed by atoms with Crippen LogP contribution >= 0.6 is 11.8 Å². The SMILES string of the molecule is COc1cc2c(c(OC)c1O)SCC(=O)N2. The van der Waals surface area contributed by atoms with Crippen LogP contribution < -0.4 is 14.8 Å². The molecule has 1 aromatic rings. The van der Waals surface area contributed by atoms with Crippen molar-refractivity contribution >= 4 is 23.4 Å². The highest BCUT2D eigenvalue weighted by atomic mass is 32.2. The van der Waals surface area contributed by atoms with Crippen molar-refractivity contribution in [1.82, 2.24) is 0 Å². The summed E-state index contributed by atoms with van der Waals surface area (Å²) in [6.07, 6.45) is 0. The summed E-state index contributed by atoms with van der Waals surface area (Å²) in [6.45, 7) is 0. The lowest BCUT2D eigenvalue weighted by molar-refractivity contribution is -0.113. The van der Waals surface area contributed by atoms with Crippen LogP contribution in [0.4, 0.5) is 5.69 Å². The van der Waals surface area contributed by atoms with E-state index in [1.54, 1.807) is 6.07 Å². The fraction of sp³-hybridized carbons (Fsp3) is 0.300. The number of amides is 1. The van der Waals surface area contributed by atoms with E-state index >= 15 is 0 Å². The van der Waals surface area contributed by atoms with Crippen LogP contribution in [-0.4, -0.2) is 31.0 Å². The third-order valence-corrected chi connectivity index (χ3v) is 3.32. The predicted molar refractivity (Wildman–Crippen MR) is 60.6 cm³/mol. The number of carbonyl (C=O) groups excluding carboxylic acids is 1. The third kappa shape index (κ3) is 1.65. The maximum Gasteiger partial charge on any atom is 0.234 e. The summed E-state index contributed by atoms with van der Waals surface area (Å²) >= 11 is 1.33. The van der Waals surface area contributed by atoms with Gasteiger partial charge in [0.05, 0.1) is 30.6 Å². The molecular formula is C10H11NO4S. The Morgan fingerprint density at radius 3 is 2.81 bits per heavy atom.